The first-order chi connectivity index (χ1) is 14.4. The number of nitrogens with zero attached hydrogens (tertiary/aromatic N) is 2. The van der Waals surface area contributed by atoms with E-state index < -0.39 is 0 Å². The molecule has 1 amide bonds. The molecule has 0 N–H and O–H groups in total. The van der Waals surface area contributed by atoms with Crippen molar-refractivity contribution in [2.75, 3.05) is 18.5 Å². The predicted octanol–water partition coefficient (Wildman–Crippen LogP) is 6.00. The second-order valence-electron chi connectivity index (χ2n) is 8.37. The molecule has 1 aliphatic carbocycles. The zero-order valence-corrected chi connectivity index (χ0v) is 20.1. The van der Waals surface area contributed by atoms with Crippen molar-refractivity contribution in [3.63, 3.8) is 0 Å². The molecule has 3 rings (SSSR count). The lowest BCUT2D eigenvalue weighted by Crippen LogP contribution is -2.47. The van der Waals surface area contributed by atoms with E-state index in [1.807, 2.05) is 18.2 Å². The Morgan fingerprint density at radius 3 is 2.29 bits per heavy atom. The van der Waals surface area contributed by atoms with Crippen LogP contribution in [0.4, 0.5) is 5.69 Å². The molecule has 0 bridgehead atoms. The van der Waals surface area contributed by atoms with E-state index in [4.69, 9.17) is 11.6 Å². The van der Waals surface area contributed by atoms with Crippen molar-refractivity contribution < 1.29 is 9.59 Å². The quantitative estimate of drug-likeness (QED) is 0.473. The fourth-order valence-corrected chi connectivity index (χ4v) is 4.44. The summed E-state index contributed by atoms with van der Waals surface area (Å²) in [4.78, 5) is 30.3. The summed E-state index contributed by atoms with van der Waals surface area (Å²) in [7, 11) is 1.74. The number of carbonyl (C=O) groups excluding carboxylic acids is 2. The molecule has 1 saturated carbocycles. The van der Waals surface area contributed by atoms with Gasteiger partial charge in [-0.25, -0.2) is 0 Å². The van der Waals surface area contributed by atoms with Gasteiger partial charge in [0.2, 0.25) is 5.91 Å². The van der Waals surface area contributed by atoms with Gasteiger partial charge in [-0.15, -0.1) is 12.4 Å². The van der Waals surface area contributed by atoms with Gasteiger partial charge in [0.25, 0.3) is 0 Å². The van der Waals surface area contributed by atoms with Crippen LogP contribution in [0.1, 0.15) is 61.9 Å². The molecule has 1 aliphatic rings. The van der Waals surface area contributed by atoms with Crippen LogP contribution in [0.25, 0.3) is 0 Å². The topological polar surface area (TPSA) is 40.6 Å². The number of rotatable bonds is 7. The molecule has 0 unspecified atom stereocenters. The third-order valence-corrected chi connectivity index (χ3v) is 6.23. The smallest absolute Gasteiger partial charge is 0.240 e. The van der Waals surface area contributed by atoms with Gasteiger partial charge in [0, 0.05) is 35.3 Å². The van der Waals surface area contributed by atoms with Crippen molar-refractivity contribution in [1.82, 2.24) is 4.90 Å². The average Bonchev–Trinajstić information content (AvgIpc) is 2.77. The third-order valence-electron chi connectivity index (χ3n) is 6.00. The van der Waals surface area contributed by atoms with Crippen LogP contribution in [0.5, 0.6) is 0 Å². The van der Waals surface area contributed by atoms with E-state index in [1.165, 1.54) is 19.3 Å². The van der Waals surface area contributed by atoms with Crippen molar-refractivity contribution in [2.24, 2.45) is 0 Å². The van der Waals surface area contributed by atoms with E-state index in [9.17, 15) is 9.59 Å². The number of likely N-dealkylation sites (N-methyl/N-ethyl adjacent to an activating group) is 1. The fourth-order valence-electron chi connectivity index (χ4n) is 4.27. The Labute approximate surface area is 197 Å². The molecule has 0 spiro atoms. The number of hydrogen-bond acceptors (Lipinski definition) is 3. The number of ketones is 1. The van der Waals surface area contributed by atoms with Crippen LogP contribution in [0, 0.1) is 0 Å². The Bertz CT molecular complexity index is 880. The number of benzene rings is 2. The van der Waals surface area contributed by atoms with Crippen LogP contribution < -0.4 is 4.90 Å². The summed E-state index contributed by atoms with van der Waals surface area (Å²) in [5.41, 5.74) is 1.61. The standard InChI is InChI=1S/C25H31ClN2O2.ClH/c1-18(2)28(21-12-8-5-9-13-21)17-24(29)27(3)23-15-14-20(26)16-22(23)25(30)19-10-6-4-7-11-19;/h4,6-7,10-11,14-16,18,21H,5,8-9,12-13,17H2,1-3H3;1H. The maximum absolute atomic E-state index is 13.2. The SMILES string of the molecule is CC(C)N(CC(=O)N(C)c1ccc(Cl)cc1C(=O)c1ccccc1)C1CCCCC1.Cl. The van der Waals surface area contributed by atoms with E-state index in [2.05, 4.69) is 18.7 Å². The summed E-state index contributed by atoms with van der Waals surface area (Å²) in [6.07, 6.45) is 6.03. The van der Waals surface area contributed by atoms with E-state index in [0.717, 1.165) is 12.8 Å². The summed E-state index contributed by atoms with van der Waals surface area (Å²) >= 11 is 6.20. The average molecular weight is 463 g/mol. The van der Waals surface area contributed by atoms with Crippen LogP contribution >= 0.6 is 24.0 Å². The molecule has 2 aromatic carbocycles. The van der Waals surface area contributed by atoms with Gasteiger partial charge in [0.05, 0.1) is 12.2 Å². The Kier molecular flexibility index (Phi) is 9.54. The van der Waals surface area contributed by atoms with Crippen molar-refractivity contribution >= 4 is 41.4 Å². The molecular weight excluding hydrogens is 431 g/mol. The van der Waals surface area contributed by atoms with Crippen molar-refractivity contribution in [3.05, 3.63) is 64.7 Å². The van der Waals surface area contributed by atoms with Gasteiger partial charge in [-0.2, -0.15) is 0 Å². The minimum absolute atomic E-state index is 0. The summed E-state index contributed by atoms with van der Waals surface area (Å²) < 4.78 is 0. The van der Waals surface area contributed by atoms with Crippen LogP contribution in [0.3, 0.4) is 0 Å². The second-order valence-corrected chi connectivity index (χ2v) is 8.80. The van der Waals surface area contributed by atoms with Gasteiger partial charge < -0.3 is 4.90 Å². The maximum Gasteiger partial charge on any atom is 0.240 e. The summed E-state index contributed by atoms with van der Waals surface area (Å²) in [6.45, 7) is 4.64. The Balaban J connectivity index is 0.00000341. The predicted molar refractivity (Wildman–Crippen MR) is 131 cm³/mol. The lowest BCUT2D eigenvalue weighted by molar-refractivity contribution is -0.120. The fraction of sp³-hybridized carbons (Fsp3) is 0.440. The molecule has 0 saturated heterocycles. The molecule has 0 atom stereocenters. The molecule has 1 fully saturated rings. The molecule has 0 aromatic heterocycles. The van der Waals surface area contributed by atoms with Crippen molar-refractivity contribution in [3.8, 4) is 0 Å². The number of carbonyl (C=O) groups is 2. The Morgan fingerprint density at radius 2 is 1.68 bits per heavy atom. The van der Waals surface area contributed by atoms with E-state index in [0.29, 0.717) is 40.5 Å². The van der Waals surface area contributed by atoms with Crippen molar-refractivity contribution in [2.45, 2.75) is 58.0 Å². The van der Waals surface area contributed by atoms with Gasteiger partial charge in [-0.1, -0.05) is 61.2 Å². The first-order valence-electron chi connectivity index (χ1n) is 10.8. The van der Waals surface area contributed by atoms with Crippen LogP contribution in [0.15, 0.2) is 48.5 Å². The molecule has 31 heavy (non-hydrogen) atoms. The minimum Gasteiger partial charge on any atom is -0.314 e. The van der Waals surface area contributed by atoms with E-state index in [-0.39, 0.29) is 24.1 Å². The molecule has 0 heterocycles. The zero-order chi connectivity index (χ0) is 21.7. The normalized spacial score (nSPS) is 14.4. The molecule has 4 nitrogen and oxygen atoms in total. The monoisotopic (exact) mass is 462 g/mol. The molecule has 168 valence electrons. The number of amides is 1. The largest absolute Gasteiger partial charge is 0.314 e. The van der Waals surface area contributed by atoms with Crippen LogP contribution in [-0.4, -0.2) is 42.3 Å². The lowest BCUT2D eigenvalue weighted by Gasteiger charge is -2.37. The van der Waals surface area contributed by atoms with Gasteiger partial charge in [0.1, 0.15) is 0 Å². The van der Waals surface area contributed by atoms with E-state index >= 15 is 0 Å². The maximum atomic E-state index is 13.2. The zero-order valence-electron chi connectivity index (χ0n) is 18.5. The van der Waals surface area contributed by atoms with E-state index in [1.54, 1.807) is 42.3 Å². The third kappa shape index (κ3) is 6.31. The van der Waals surface area contributed by atoms with Gasteiger partial charge >= 0.3 is 0 Å². The highest BCUT2D eigenvalue weighted by molar-refractivity contribution is 6.31. The summed E-state index contributed by atoms with van der Waals surface area (Å²) in [5.74, 6) is -0.153. The van der Waals surface area contributed by atoms with Crippen LogP contribution in [0.2, 0.25) is 5.02 Å². The van der Waals surface area contributed by atoms with Crippen molar-refractivity contribution in [1.29, 1.82) is 0 Å². The Morgan fingerprint density at radius 1 is 1.03 bits per heavy atom. The number of hydrogen-bond donors (Lipinski definition) is 0. The molecule has 0 radical (unpaired) electrons. The highest BCUT2D eigenvalue weighted by atomic mass is 35.5. The summed E-state index contributed by atoms with van der Waals surface area (Å²) in [5, 5.41) is 0.477. The molecular formula is C25H32Cl2N2O2. The van der Waals surface area contributed by atoms with Crippen LogP contribution in [-0.2, 0) is 4.79 Å². The first kappa shape index (κ1) is 25.4. The summed E-state index contributed by atoms with van der Waals surface area (Å²) in [6, 6.07) is 15.0. The lowest BCUT2D eigenvalue weighted by atomic mass is 9.93. The van der Waals surface area contributed by atoms with Gasteiger partial charge in [-0.3, -0.25) is 14.5 Å². The minimum atomic E-state index is -0.138. The first-order valence-corrected chi connectivity index (χ1v) is 11.2. The number of halogens is 2. The van der Waals surface area contributed by atoms with Gasteiger partial charge in [-0.05, 0) is 44.9 Å². The highest BCUT2D eigenvalue weighted by Gasteiger charge is 2.28. The second kappa shape index (κ2) is 11.7. The Hall–Kier alpha value is -1.88. The molecule has 0 aliphatic heterocycles. The number of anilines is 1. The molecule has 2 aromatic rings. The highest BCUT2D eigenvalue weighted by Crippen LogP contribution is 2.28. The van der Waals surface area contributed by atoms with Gasteiger partial charge in [0.15, 0.2) is 5.78 Å². The molecule has 6 heteroatoms.